The summed E-state index contributed by atoms with van der Waals surface area (Å²) in [5.74, 6) is 0.578. The van der Waals surface area contributed by atoms with Gasteiger partial charge >= 0.3 is 0 Å². The number of hydrogen-bond donors (Lipinski definition) is 0. The van der Waals surface area contributed by atoms with Gasteiger partial charge in [-0.2, -0.15) is 0 Å². The second-order valence-corrected chi connectivity index (χ2v) is 4.13. The van der Waals surface area contributed by atoms with E-state index in [2.05, 4.69) is 38.2 Å². The van der Waals surface area contributed by atoms with Gasteiger partial charge in [-0.05, 0) is 37.1 Å². The number of aliphatic imine (C=N–C) groups is 1. The summed E-state index contributed by atoms with van der Waals surface area (Å²) in [5.41, 5.74) is 1.38. The van der Waals surface area contributed by atoms with Crippen molar-refractivity contribution in [1.82, 2.24) is 0 Å². The molecule has 0 unspecified atom stereocenters. The van der Waals surface area contributed by atoms with Crippen molar-refractivity contribution in [3.05, 3.63) is 23.1 Å². The normalized spacial score (nSPS) is 13.9. The van der Waals surface area contributed by atoms with E-state index in [1.54, 1.807) is 11.8 Å². The molecular formula is C11H19NS. The maximum atomic E-state index is 3.93. The third-order valence-electron chi connectivity index (χ3n) is 2.15. The van der Waals surface area contributed by atoms with E-state index in [1.165, 1.54) is 5.57 Å². The summed E-state index contributed by atoms with van der Waals surface area (Å²) in [6, 6.07) is 0. The van der Waals surface area contributed by atoms with Crippen molar-refractivity contribution in [3.63, 3.8) is 0 Å². The number of hydrogen-bond acceptors (Lipinski definition) is 2. The van der Waals surface area contributed by atoms with E-state index in [9.17, 15) is 0 Å². The lowest BCUT2D eigenvalue weighted by atomic mass is 9.99. The molecule has 0 N–H and O–H groups in total. The zero-order valence-electron chi connectivity index (χ0n) is 8.84. The molecule has 0 bridgehead atoms. The molecule has 0 saturated heterocycles. The molecule has 0 aliphatic carbocycles. The first kappa shape index (κ1) is 12.5. The highest BCUT2D eigenvalue weighted by atomic mass is 32.2. The Balaban J connectivity index is 4.06. The summed E-state index contributed by atoms with van der Waals surface area (Å²) in [5, 5.41) is 0. The second kappa shape index (κ2) is 6.96. The molecule has 74 valence electrons. The van der Waals surface area contributed by atoms with Crippen LogP contribution < -0.4 is 0 Å². The summed E-state index contributed by atoms with van der Waals surface area (Å²) < 4.78 is 0. The van der Waals surface area contributed by atoms with Gasteiger partial charge in [-0.25, -0.2) is 0 Å². The topological polar surface area (TPSA) is 12.4 Å². The monoisotopic (exact) mass is 197 g/mol. The van der Waals surface area contributed by atoms with Crippen LogP contribution in [0.1, 0.15) is 20.3 Å². The zero-order valence-corrected chi connectivity index (χ0v) is 9.66. The summed E-state index contributed by atoms with van der Waals surface area (Å²) >= 11 is 1.69. The number of allylic oxidation sites excluding steroid dienone is 2. The minimum Gasteiger partial charge on any atom is -0.301 e. The van der Waals surface area contributed by atoms with Gasteiger partial charge in [-0.3, -0.25) is 0 Å². The first-order chi connectivity index (χ1) is 6.11. The molecule has 0 spiro atoms. The van der Waals surface area contributed by atoms with E-state index in [0.29, 0.717) is 5.92 Å². The van der Waals surface area contributed by atoms with Crippen molar-refractivity contribution in [2.75, 3.05) is 12.8 Å². The second-order valence-electron chi connectivity index (χ2n) is 3.20. The largest absolute Gasteiger partial charge is 0.301 e. The lowest BCUT2D eigenvalue weighted by Gasteiger charge is -2.10. The zero-order chi connectivity index (χ0) is 10.3. The van der Waals surface area contributed by atoms with Crippen molar-refractivity contribution in [1.29, 1.82) is 0 Å². The standard InChI is InChI=1S/C11H19NS/c1-9(6-7-12-4)10(2)8-11(3)13-5/h8-9H,3-4,6-7H2,1-2,5H3/b10-8+/t9-/m0/s1. The smallest absolute Gasteiger partial charge is 0.0387 e. The van der Waals surface area contributed by atoms with Crippen molar-refractivity contribution in [2.45, 2.75) is 20.3 Å². The van der Waals surface area contributed by atoms with E-state index in [1.807, 2.05) is 6.26 Å². The van der Waals surface area contributed by atoms with Crippen LogP contribution in [0.3, 0.4) is 0 Å². The molecule has 0 aromatic heterocycles. The van der Waals surface area contributed by atoms with Crippen LogP contribution in [-0.4, -0.2) is 19.5 Å². The highest BCUT2D eigenvalue weighted by molar-refractivity contribution is 8.02. The van der Waals surface area contributed by atoms with Crippen molar-refractivity contribution < 1.29 is 0 Å². The van der Waals surface area contributed by atoms with Gasteiger partial charge in [0, 0.05) is 6.54 Å². The molecule has 0 amide bonds. The van der Waals surface area contributed by atoms with E-state index >= 15 is 0 Å². The Kier molecular flexibility index (Phi) is 6.69. The lowest BCUT2D eigenvalue weighted by molar-refractivity contribution is 0.625. The highest BCUT2D eigenvalue weighted by Crippen LogP contribution is 2.19. The first-order valence-corrected chi connectivity index (χ1v) is 5.67. The van der Waals surface area contributed by atoms with Crippen LogP contribution in [-0.2, 0) is 0 Å². The Hall–Kier alpha value is -0.500. The van der Waals surface area contributed by atoms with E-state index in [0.717, 1.165) is 17.9 Å². The van der Waals surface area contributed by atoms with E-state index in [4.69, 9.17) is 0 Å². The van der Waals surface area contributed by atoms with Gasteiger partial charge in [-0.15, -0.1) is 11.8 Å². The molecule has 0 fully saturated rings. The molecule has 0 radical (unpaired) electrons. The SMILES string of the molecule is C=NCC[C@H](C)/C(C)=C/C(=C)SC. The van der Waals surface area contributed by atoms with Gasteiger partial charge in [0.25, 0.3) is 0 Å². The summed E-state index contributed by atoms with van der Waals surface area (Å²) in [7, 11) is 0. The van der Waals surface area contributed by atoms with Crippen molar-refractivity contribution >= 4 is 18.5 Å². The van der Waals surface area contributed by atoms with Crippen LogP contribution in [0.4, 0.5) is 0 Å². The summed E-state index contributed by atoms with van der Waals surface area (Å²) in [6.07, 6.45) is 5.27. The van der Waals surface area contributed by atoms with E-state index in [-0.39, 0.29) is 0 Å². The number of rotatable bonds is 6. The van der Waals surface area contributed by atoms with Crippen LogP contribution in [0.5, 0.6) is 0 Å². The third-order valence-corrected chi connectivity index (χ3v) is 2.79. The highest BCUT2D eigenvalue weighted by Gasteiger charge is 2.03. The quantitative estimate of drug-likeness (QED) is 0.468. The maximum absolute atomic E-state index is 3.93. The fourth-order valence-corrected chi connectivity index (χ4v) is 1.27. The molecule has 13 heavy (non-hydrogen) atoms. The number of nitrogens with zero attached hydrogens (tertiary/aromatic N) is 1. The Morgan fingerprint density at radius 1 is 1.62 bits per heavy atom. The summed E-state index contributed by atoms with van der Waals surface area (Å²) in [4.78, 5) is 4.97. The Morgan fingerprint density at radius 2 is 2.23 bits per heavy atom. The first-order valence-electron chi connectivity index (χ1n) is 4.45. The van der Waals surface area contributed by atoms with Crippen LogP contribution in [0.2, 0.25) is 0 Å². The lowest BCUT2D eigenvalue weighted by Crippen LogP contribution is -1.98. The van der Waals surface area contributed by atoms with Crippen molar-refractivity contribution in [2.24, 2.45) is 10.9 Å². The van der Waals surface area contributed by atoms with Crippen LogP contribution in [0, 0.1) is 5.92 Å². The molecule has 0 aromatic rings. The van der Waals surface area contributed by atoms with Crippen molar-refractivity contribution in [3.8, 4) is 0 Å². The Labute approximate surface area is 86.0 Å². The van der Waals surface area contributed by atoms with Crippen LogP contribution >= 0.6 is 11.8 Å². The maximum Gasteiger partial charge on any atom is 0.0387 e. The Bertz CT molecular complexity index is 206. The fourth-order valence-electron chi connectivity index (χ4n) is 0.968. The van der Waals surface area contributed by atoms with Gasteiger partial charge in [0.1, 0.15) is 0 Å². The minimum absolute atomic E-state index is 0.578. The predicted molar refractivity (Wildman–Crippen MR) is 64.6 cm³/mol. The molecular weight excluding hydrogens is 178 g/mol. The van der Waals surface area contributed by atoms with Gasteiger partial charge < -0.3 is 4.99 Å². The molecule has 0 aliphatic heterocycles. The molecule has 0 heterocycles. The van der Waals surface area contributed by atoms with Crippen LogP contribution in [0.25, 0.3) is 0 Å². The third kappa shape index (κ3) is 5.69. The van der Waals surface area contributed by atoms with Gasteiger partial charge in [-0.1, -0.05) is 25.2 Å². The molecule has 2 heteroatoms. The molecule has 0 rings (SSSR count). The van der Waals surface area contributed by atoms with Gasteiger partial charge in [0.15, 0.2) is 0 Å². The average Bonchev–Trinajstić information content (AvgIpc) is 2.13. The van der Waals surface area contributed by atoms with Gasteiger partial charge in [0.05, 0.1) is 0 Å². The summed E-state index contributed by atoms with van der Waals surface area (Å²) in [6.45, 7) is 12.6. The van der Waals surface area contributed by atoms with E-state index < -0.39 is 0 Å². The Morgan fingerprint density at radius 3 is 2.69 bits per heavy atom. The average molecular weight is 197 g/mol. The fraction of sp³-hybridized carbons (Fsp3) is 0.545. The van der Waals surface area contributed by atoms with Crippen LogP contribution in [0.15, 0.2) is 28.1 Å². The van der Waals surface area contributed by atoms with Gasteiger partial charge in [0.2, 0.25) is 0 Å². The predicted octanol–water partition coefficient (Wildman–Crippen LogP) is 3.54. The molecule has 0 aliphatic rings. The molecule has 0 aromatic carbocycles. The minimum atomic E-state index is 0.578. The molecule has 0 saturated carbocycles. The number of thioether (sulfide) groups is 1. The molecule has 1 nitrogen and oxygen atoms in total. The molecule has 1 atom stereocenters.